The fraction of sp³-hybridized carbons (Fsp3) is 0.257. The molecule has 0 saturated heterocycles. The highest BCUT2D eigenvalue weighted by Gasteiger charge is 2.48. The van der Waals surface area contributed by atoms with Crippen molar-refractivity contribution in [3.63, 3.8) is 0 Å². The fourth-order valence-corrected chi connectivity index (χ4v) is 4.82. The largest absolute Gasteiger partial charge is 0.381 e. The first-order valence-corrected chi connectivity index (χ1v) is 13.7. The molecule has 0 unspecified atom stereocenters. The lowest BCUT2D eigenvalue weighted by atomic mass is 9.84. The highest BCUT2D eigenvalue weighted by atomic mass is 16.6. The smallest absolute Gasteiger partial charge is 0.135 e. The number of hydrogen-bond donors (Lipinski definition) is 1. The van der Waals surface area contributed by atoms with Gasteiger partial charge >= 0.3 is 0 Å². The van der Waals surface area contributed by atoms with E-state index in [4.69, 9.17) is 18.9 Å². The molecule has 4 aromatic rings. The first kappa shape index (κ1) is 28.0. The molecule has 1 N–H and O–H groups in total. The molecule has 5 nitrogen and oxygen atoms in total. The molecule has 0 bridgehead atoms. The van der Waals surface area contributed by atoms with E-state index in [-0.39, 0.29) is 6.61 Å². The van der Waals surface area contributed by atoms with E-state index in [0.29, 0.717) is 26.4 Å². The van der Waals surface area contributed by atoms with Gasteiger partial charge in [0.2, 0.25) is 0 Å². The fourth-order valence-electron chi connectivity index (χ4n) is 4.82. The predicted molar refractivity (Wildman–Crippen MR) is 155 cm³/mol. The van der Waals surface area contributed by atoms with E-state index in [1.807, 2.05) is 127 Å². The van der Waals surface area contributed by atoms with E-state index in [1.54, 1.807) is 6.08 Å². The second-order valence-corrected chi connectivity index (χ2v) is 10.1. The lowest BCUT2D eigenvalue weighted by Gasteiger charge is -2.43. The van der Waals surface area contributed by atoms with Crippen molar-refractivity contribution >= 4 is 0 Å². The first-order chi connectivity index (χ1) is 19.7. The standard InChI is InChI=1S/C35H36O5/c36-35(27-37-23-28-13-5-1-6-14-28)22-21-32(38-24-29-15-7-2-8-16-29)33(39-25-30-17-9-3-10-18-30)34(35)40-26-31-19-11-4-12-20-31/h1-22,32-34,36H,23-27H2/t32-,33-,34-,35+/m0/s1. The second kappa shape index (κ2) is 14.2. The average Bonchev–Trinajstić information content (AvgIpc) is 3.01. The molecule has 0 amide bonds. The summed E-state index contributed by atoms with van der Waals surface area (Å²) in [5, 5.41) is 12.0. The van der Waals surface area contributed by atoms with Crippen LogP contribution in [0.15, 0.2) is 133 Å². The van der Waals surface area contributed by atoms with Gasteiger partial charge in [-0.15, -0.1) is 0 Å². The van der Waals surface area contributed by atoms with Crippen molar-refractivity contribution < 1.29 is 24.1 Å². The quantitative estimate of drug-likeness (QED) is 0.204. The minimum atomic E-state index is -1.42. The summed E-state index contributed by atoms with van der Waals surface area (Å²) in [6.45, 7) is 1.52. The van der Waals surface area contributed by atoms with Gasteiger partial charge in [-0.1, -0.05) is 127 Å². The number of benzene rings is 4. The van der Waals surface area contributed by atoms with Gasteiger partial charge in [-0.25, -0.2) is 0 Å². The Morgan fingerprint density at radius 2 is 0.950 bits per heavy atom. The summed E-state index contributed by atoms with van der Waals surface area (Å²) in [6, 6.07) is 39.9. The van der Waals surface area contributed by atoms with Crippen LogP contribution in [0.3, 0.4) is 0 Å². The zero-order valence-corrected chi connectivity index (χ0v) is 22.5. The van der Waals surface area contributed by atoms with Crippen molar-refractivity contribution in [3.8, 4) is 0 Å². The minimum Gasteiger partial charge on any atom is -0.381 e. The molecule has 0 aliphatic heterocycles. The molecule has 1 aliphatic carbocycles. The Bertz CT molecular complexity index is 1300. The predicted octanol–water partition coefficient (Wildman–Crippen LogP) is 6.26. The molecule has 206 valence electrons. The van der Waals surface area contributed by atoms with Crippen molar-refractivity contribution in [2.24, 2.45) is 0 Å². The molecule has 1 aliphatic rings. The molecule has 40 heavy (non-hydrogen) atoms. The zero-order valence-electron chi connectivity index (χ0n) is 22.5. The van der Waals surface area contributed by atoms with E-state index in [9.17, 15) is 5.11 Å². The van der Waals surface area contributed by atoms with Crippen LogP contribution in [0.4, 0.5) is 0 Å². The maximum Gasteiger partial charge on any atom is 0.135 e. The summed E-state index contributed by atoms with van der Waals surface area (Å²) in [4.78, 5) is 0. The number of ether oxygens (including phenoxy) is 4. The van der Waals surface area contributed by atoms with E-state index >= 15 is 0 Å². The van der Waals surface area contributed by atoms with Crippen LogP contribution in [0.25, 0.3) is 0 Å². The summed E-state index contributed by atoms with van der Waals surface area (Å²) in [5.74, 6) is 0. The SMILES string of the molecule is O[C@@]1(COCc2ccccc2)C=C[C@H](OCc2ccccc2)[C@H](OCc2ccccc2)[C@@H]1OCc1ccccc1. The monoisotopic (exact) mass is 536 g/mol. The van der Waals surface area contributed by atoms with Crippen LogP contribution in [0, 0.1) is 0 Å². The third kappa shape index (κ3) is 7.75. The molecular formula is C35H36O5. The normalized spacial score (nSPS) is 22.3. The summed E-state index contributed by atoms with van der Waals surface area (Å²) in [6.07, 6.45) is 1.89. The molecule has 0 saturated carbocycles. The van der Waals surface area contributed by atoms with Gasteiger partial charge in [0, 0.05) is 0 Å². The summed E-state index contributed by atoms with van der Waals surface area (Å²) >= 11 is 0. The Morgan fingerprint density at radius 1 is 0.525 bits per heavy atom. The van der Waals surface area contributed by atoms with Gasteiger partial charge in [0.25, 0.3) is 0 Å². The minimum absolute atomic E-state index is 0.0501. The van der Waals surface area contributed by atoms with Crippen molar-refractivity contribution in [2.75, 3.05) is 6.61 Å². The Labute approximate surface area is 236 Å². The zero-order chi connectivity index (χ0) is 27.5. The number of rotatable bonds is 13. The topological polar surface area (TPSA) is 57.2 Å². The third-order valence-corrected chi connectivity index (χ3v) is 6.98. The second-order valence-electron chi connectivity index (χ2n) is 10.1. The Hall–Kier alpha value is -3.58. The molecule has 5 rings (SSSR count). The highest BCUT2D eigenvalue weighted by molar-refractivity contribution is 5.21. The molecular weight excluding hydrogens is 500 g/mol. The maximum absolute atomic E-state index is 12.0. The Balaban J connectivity index is 1.38. The van der Waals surface area contributed by atoms with Gasteiger partial charge in [0.15, 0.2) is 0 Å². The number of hydrogen-bond acceptors (Lipinski definition) is 5. The van der Waals surface area contributed by atoms with E-state index in [0.717, 1.165) is 22.3 Å². The van der Waals surface area contributed by atoms with E-state index in [2.05, 4.69) is 0 Å². The molecule has 0 aromatic heterocycles. The highest BCUT2D eigenvalue weighted by Crippen LogP contribution is 2.32. The molecule has 0 heterocycles. The van der Waals surface area contributed by atoms with Gasteiger partial charge in [0.05, 0.1) is 33.0 Å². The van der Waals surface area contributed by atoms with Gasteiger partial charge in [0.1, 0.15) is 23.9 Å². The van der Waals surface area contributed by atoms with Crippen LogP contribution in [-0.2, 0) is 45.4 Å². The van der Waals surface area contributed by atoms with Crippen LogP contribution in [0.1, 0.15) is 22.3 Å². The van der Waals surface area contributed by atoms with E-state index in [1.165, 1.54) is 0 Å². The lowest BCUT2D eigenvalue weighted by Crippen LogP contribution is -2.59. The van der Waals surface area contributed by atoms with E-state index < -0.39 is 23.9 Å². The molecule has 5 heteroatoms. The molecule has 0 spiro atoms. The first-order valence-electron chi connectivity index (χ1n) is 13.7. The summed E-state index contributed by atoms with van der Waals surface area (Å²) in [5.41, 5.74) is 2.72. The van der Waals surface area contributed by atoms with Gasteiger partial charge < -0.3 is 24.1 Å². The van der Waals surface area contributed by atoms with Crippen molar-refractivity contribution in [1.29, 1.82) is 0 Å². The van der Waals surface area contributed by atoms with Gasteiger partial charge in [-0.2, -0.15) is 0 Å². The molecule has 0 fully saturated rings. The third-order valence-electron chi connectivity index (χ3n) is 6.98. The maximum atomic E-state index is 12.0. The summed E-state index contributed by atoms with van der Waals surface area (Å²) in [7, 11) is 0. The lowest BCUT2D eigenvalue weighted by molar-refractivity contribution is -0.209. The average molecular weight is 537 g/mol. The van der Waals surface area contributed by atoms with Crippen LogP contribution in [0.5, 0.6) is 0 Å². The van der Waals surface area contributed by atoms with Crippen molar-refractivity contribution in [3.05, 3.63) is 156 Å². The molecule has 0 radical (unpaired) electrons. The van der Waals surface area contributed by atoms with Crippen LogP contribution >= 0.6 is 0 Å². The molecule has 4 atom stereocenters. The Kier molecular flexibility index (Phi) is 9.91. The van der Waals surface area contributed by atoms with Crippen LogP contribution < -0.4 is 0 Å². The number of aliphatic hydroxyl groups is 1. The summed E-state index contributed by atoms with van der Waals surface area (Å²) < 4.78 is 25.4. The van der Waals surface area contributed by atoms with Crippen LogP contribution in [0.2, 0.25) is 0 Å². The molecule has 4 aromatic carbocycles. The Morgan fingerprint density at radius 3 is 1.45 bits per heavy atom. The van der Waals surface area contributed by atoms with Crippen LogP contribution in [-0.4, -0.2) is 35.6 Å². The van der Waals surface area contributed by atoms with Gasteiger partial charge in [-0.05, 0) is 28.3 Å². The van der Waals surface area contributed by atoms with Gasteiger partial charge in [-0.3, -0.25) is 0 Å². The van der Waals surface area contributed by atoms with Crippen molar-refractivity contribution in [2.45, 2.75) is 50.3 Å². The van der Waals surface area contributed by atoms with Crippen molar-refractivity contribution in [1.82, 2.24) is 0 Å².